The Balaban J connectivity index is 1.87. The average Bonchev–Trinajstić information content (AvgIpc) is 2.71. The highest BCUT2D eigenvalue weighted by molar-refractivity contribution is 6.30. The van der Waals surface area contributed by atoms with E-state index in [9.17, 15) is 13.2 Å². The number of rotatable bonds is 9. The molecule has 0 spiro atoms. The Morgan fingerprint density at radius 1 is 1.00 bits per heavy atom. The predicted molar refractivity (Wildman–Crippen MR) is 113 cm³/mol. The molecule has 0 fully saturated rings. The molecule has 0 aliphatic heterocycles. The zero-order valence-corrected chi connectivity index (χ0v) is 17.0. The van der Waals surface area contributed by atoms with Gasteiger partial charge in [-0.15, -0.1) is 13.2 Å². The van der Waals surface area contributed by atoms with Gasteiger partial charge < -0.3 is 20.5 Å². The number of hydrogen-bond donors (Lipinski definition) is 3. The number of nitrogens with zero attached hydrogens (tertiary/aromatic N) is 2. The summed E-state index contributed by atoms with van der Waals surface area (Å²) in [5.41, 5.74) is 1.77. The summed E-state index contributed by atoms with van der Waals surface area (Å²) in [7, 11) is 0. The van der Waals surface area contributed by atoms with Gasteiger partial charge in [-0.25, -0.2) is 4.98 Å². The molecule has 0 unspecified atom stereocenters. The molecule has 0 saturated carbocycles. The molecule has 0 atom stereocenters. The van der Waals surface area contributed by atoms with Crippen LogP contribution in [0.15, 0.2) is 54.6 Å². The van der Waals surface area contributed by atoms with Gasteiger partial charge in [-0.1, -0.05) is 35.9 Å². The van der Waals surface area contributed by atoms with Crippen LogP contribution in [-0.4, -0.2) is 34.6 Å². The van der Waals surface area contributed by atoms with Crippen LogP contribution in [0.3, 0.4) is 0 Å². The Morgan fingerprint density at radius 3 is 2.55 bits per heavy atom. The van der Waals surface area contributed by atoms with Crippen molar-refractivity contribution in [1.29, 1.82) is 0 Å². The number of hydrogen-bond acceptors (Lipinski definition) is 6. The van der Waals surface area contributed by atoms with Crippen molar-refractivity contribution in [3.8, 4) is 17.0 Å². The lowest BCUT2D eigenvalue weighted by molar-refractivity contribution is -0.274. The Hall–Kier alpha value is -3.04. The lowest BCUT2D eigenvalue weighted by Crippen LogP contribution is -2.17. The van der Waals surface area contributed by atoms with Crippen LogP contribution >= 0.6 is 11.6 Å². The van der Waals surface area contributed by atoms with Crippen molar-refractivity contribution in [3.63, 3.8) is 0 Å². The first-order chi connectivity index (χ1) is 14.8. The van der Waals surface area contributed by atoms with E-state index in [1.165, 1.54) is 18.2 Å². The molecule has 1 aromatic heterocycles. The summed E-state index contributed by atoms with van der Waals surface area (Å²) in [6, 6.07) is 14.5. The maximum Gasteiger partial charge on any atom is 0.573 e. The number of ether oxygens (including phenoxy) is 1. The third-order valence-corrected chi connectivity index (χ3v) is 4.31. The monoisotopic (exact) mass is 452 g/mol. The minimum absolute atomic E-state index is 0.00336. The van der Waals surface area contributed by atoms with Crippen molar-refractivity contribution in [2.45, 2.75) is 19.3 Å². The Bertz CT molecular complexity index is 1020. The number of halogens is 4. The van der Waals surface area contributed by atoms with E-state index >= 15 is 0 Å². The van der Waals surface area contributed by atoms with Crippen LogP contribution in [0.4, 0.5) is 24.9 Å². The lowest BCUT2D eigenvalue weighted by atomic mass is 10.1. The summed E-state index contributed by atoms with van der Waals surface area (Å²) in [6.07, 6.45) is -4.29. The van der Waals surface area contributed by atoms with E-state index in [2.05, 4.69) is 25.3 Å². The normalized spacial score (nSPS) is 11.3. The van der Waals surface area contributed by atoms with Crippen LogP contribution < -0.4 is 15.4 Å². The third-order valence-electron chi connectivity index (χ3n) is 4.07. The summed E-state index contributed by atoms with van der Waals surface area (Å²) in [6.45, 7) is 0.874. The molecule has 0 amide bonds. The second-order valence-electron chi connectivity index (χ2n) is 6.53. The number of benzene rings is 2. The summed E-state index contributed by atoms with van der Waals surface area (Å²) in [5.74, 6) is 0.409. The number of aromatic nitrogens is 2. The van der Waals surface area contributed by atoms with Crippen LogP contribution in [0.2, 0.25) is 5.02 Å². The van der Waals surface area contributed by atoms with Gasteiger partial charge in [-0.05, 0) is 36.2 Å². The number of aliphatic hydroxyl groups is 1. The van der Waals surface area contributed by atoms with E-state index in [1.807, 2.05) is 18.2 Å². The average molecular weight is 453 g/mol. The van der Waals surface area contributed by atoms with Crippen LogP contribution in [0.5, 0.6) is 5.75 Å². The molecule has 0 aliphatic rings. The van der Waals surface area contributed by atoms with Gasteiger partial charge in [-0.2, -0.15) is 4.98 Å². The maximum atomic E-state index is 12.6. The molecule has 1 heterocycles. The smallest absolute Gasteiger partial charge is 0.406 e. The van der Waals surface area contributed by atoms with E-state index in [0.717, 1.165) is 5.56 Å². The van der Waals surface area contributed by atoms with Crippen LogP contribution in [0, 0.1) is 0 Å². The molecular formula is C21H20ClF3N4O2. The quantitative estimate of drug-likeness (QED) is 0.392. The molecule has 0 saturated heterocycles. The van der Waals surface area contributed by atoms with Crippen molar-refractivity contribution in [3.05, 3.63) is 65.2 Å². The SMILES string of the molecule is OCCCNc1nc(NCc2cccc(Cl)c2)cc(-c2cccc(OC(F)(F)F)c2)n1. The minimum atomic E-state index is -4.79. The number of anilines is 2. The first-order valence-electron chi connectivity index (χ1n) is 9.41. The largest absolute Gasteiger partial charge is 0.573 e. The third kappa shape index (κ3) is 7.30. The summed E-state index contributed by atoms with van der Waals surface area (Å²) < 4.78 is 41.7. The fourth-order valence-electron chi connectivity index (χ4n) is 2.74. The van der Waals surface area contributed by atoms with Crippen molar-refractivity contribution in [2.75, 3.05) is 23.8 Å². The molecule has 3 N–H and O–H groups in total. The Labute approximate surface area is 182 Å². The van der Waals surface area contributed by atoms with Crippen LogP contribution in [0.25, 0.3) is 11.3 Å². The molecule has 164 valence electrons. The Kier molecular flexibility index (Phi) is 7.54. The van der Waals surface area contributed by atoms with Gasteiger partial charge in [0.05, 0.1) is 5.69 Å². The molecule has 3 rings (SSSR count). The Morgan fingerprint density at radius 2 is 1.81 bits per heavy atom. The predicted octanol–water partition coefficient (Wildman–Crippen LogP) is 5.10. The van der Waals surface area contributed by atoms with E-state index < -0.39 is 6.36 Å². The maximum absolute atomic E-state index is 12.6. The van der Waals surface area contributed by atoms with Crippen LogP contribution in [-0.2, 0) is 6.54 Å². The van der Waals surface area contributed by atoms with Crippen molar-refractivity contribution < 1.29 is 23.0 Å². The molecule has 3 aromatic rings. The minimum Gasteiger partial charge on any atom is -0.406 e. The number of nitrogens with one attached hydrogen (secondary N) is 2. The van der Waals surface area contributed by atoms with Crippen molar-refractivity contribution in [2.24, 2.45) is 0 Å². The zero-order chi connectivity index (χ0) is 22.3. The van der Waals surface area contributed by atoms with E-state index in [0.29, 0.717) is 41.6 Å². The van der Waals surface area contributed by atoms with Gasteiger partial charge in [0.1, 0.15) is 11.6 Å². The second kappa shape index (κ2) is 10.3. The van der Waals surface area contributed by atoms with Gasteiger partial charge in [-0.3, -0.25) is 0 Å². The zero-order valence-electron chi connectivity index (χ0n) is 16.3. The topological polar surface area (TPSA) is 79.3 Å². The highest BCUT2D eigenvalue weighted by atomic mass is 35.5. The molecule has 2 aromatic carbocycles. The van der Waals surface area contributed by atoms with Crippen molar-refractivity contribution in [1.82, 2.24) is 9.97 Å². The molecule has 0 bridgehead atoms. The van der Waals surface area contributed by atoms with Gasteiger partial charge >= 0.3 is 6.36 Å². The second-order valence-corrected chi connectivity index (χ2v) is 6.96. The highest BCUT2D eigenvalue weighted by Gasteiger charge is 2.31. The first-order valence-corrected chi connectivity index (χ1v) is 9.78. The molecule has 6 nitrogen and oxygen atoms in total. The van der Waals surface area contributed by atoms with Crippen molar-refractivity contribution >= 4 is 23.4 Å². The number of aliphatic hydroxyl groups excluding tert-OH is 1. The molecule has 10 heteroatoms. The highest BCUT2D eigenvalue weighted by Crippen LogP contribution is 2.28. The van der Waals surface area contributed by atoms with E-state index in [4.69, 9.17) is 16.7 Å². The van der Waals surface area contributed by atoms with Gasteiger partial charge in [0.15, 0.2) is 0 Å². The van der Waals surface area contributed by atoms with Gasteiger partial charge in [0.2, 0.25) is 5.95 Å². The van der Waals surface area contributed by atoms with Gasteiger partial charge in [0, 0.05) is 36.3 Å². The number of alkyl halides is 3. The lowest BCUT2D eigenvalue weighted by Gasteiger charge is -2.13. The van der Waals surface area contributed by atoms with E-state index in [1.54, 1.807) is 18.2 Å². The van der Waals surface area contributed by atoms with E-state index in [-0.39, 0.29) is 18.3 Å². The first kappa shape index (κ1) is 22.6. The fourth-order valence-corrected chi connectivity index (χ4v) is 2.95. The van der Waals surface area contributed by atoms with Crippen LogP contribution in [0.1, 0.15) is 12.0 Å². The standard InChI is InChI=1S/C21H20ClF3N4O2/c22-16-6-1-4-14(10-16)13-27-19-12-18(28-20(29-19)26-8-3-9-30)15-5-2-7-17(11-15)31-21(23,24)25/h1-2,4-7,10-12,30H,3,8-9,13H2,(H2,26,27,28,29). The summed E-state index contributed by atoms with van der Waals surface area (Å²) in [5, 5.41) is 15.8. The molecular weight excluding hydrogens is 433 g/mol. The van der Waals surface area contributed by atoms with Gasteiger partial charge in [0.25, 0.3) is 0 Å². The molecule has 31 heavy (non-hydrogen) atoms. The molecule has 0 radical (unpaired) electrons. The summed E-state index contributed by atoms with van der Waals surface area (Å²) in [4.78, 5) is 8.77. The fraction of sp³-hybridized carbons (Fsp3) is 0.238. The summed E-state index contributed by atoms with van der Waals surface area (Å²) >= 11 is 6.01. The molecule has 0 aliphatic carbocycles.